The van der Waals surface area contributed by atoms with Crippen LogP contribution in [0.25, 0.3) is 0 Å². The van der Waals surface area contributed by atoms with Gasteiger partial charge in [-0.1, -0.05) is 37.4 Å². The normalized spacial score (nSPS) is 11.5. The van der Waals surface area contributed by atoms with E-state index in [2.05, 4.69) is 13.1 Å². The number of rotatable bonds is 8. The Morgan fingerprint density at radius 3 is 2.27 bits per heavy atom. The van der Waals surface area contributed by atoms with Crippen molar-refractivity contribution in [2.45, 2.75) is 51.2 Å². The molecule has 0 radical (unpaired) electrons. The molecular formula is C17H26O4Si. The number of hydrogen-bond acceptors (Lipinski definition) is 3. The van der Waals surface area contributed by atoms with Crippen molar-refractivity contribution < 1.29 is 19.4 Å². The number of carbonyl (C=O) groups excluding carboxylic acids is 1. The molecule has 5 heteroatoms. The maximum Gasteiger partial charge on any atom is 0.315 e. The van der Waals surface area contributed by atoms with Crippen LogP contribution in [0, 0.1) is 0 Å². The van der Waals surface area contributed by atoms with Crippen LogP contribution in [-0.4, -0.2) is 32.4 Å². The average molecular weight is 322 g/mol. The highest BCUT2D eigenvalue weighted by atomic mass is 28.3. The average Bonchev–Trinajstić information content (AvgIpc) is 2.45. The quantitative estimate of drug-likeness (QED) is 0.590. The van der Waals surface area contributed by atoms with Gasteiger partial charge in [-0.25, -0.2) is 0 Å². The van der Waals surface area contributed by atoms with Gasteiger partial charge in [0.25, 0.3) is 0 Å². The third-order valence-corrected chi connectivity index (χ3v) is 5.13. The molecule has 0 heterocycles. The Kier molecular flexibility index (Phi) is 6.81. The summed E-state index contributed by atoms with van der Waals surface area (Å²) >= 11 is 0. The zero-order chi connectivity index (χ0) is 16.8. The zero-order valence-corrected chi connectivity index (χ0v) is 15.0. The lowest BCUT2D eigenvalue weighted by molar-refractivity contribution is -0.148. The number of benzene rings is 1. The van der Waals surface area contributed by atoms with Crippen LogP contribution in [0.4, 0.5) is 0 Å². The van der Waals surface area contributed by atoms with Crippen LogP contribution in [0.5, 0.6) is 0 Å². The van der Waals surface area contributed by atoms with E-state index in [-0.39, 0.29) is 12.4 Å². The Labute approximate surface area is 134 Å². The molecule has 0 spiro atoms. The first-order chi connectivity index (χ1) is 10.2. The molecule has 22 heavy (non-hydrogen) atoms. The lowest BCUT2D eigenvalue weighted by Gasteiger charge is -2.23. The predicted octanol–water partition coefficient (Wildman–Crippen LogP) is 3.01. The molecule has 1 N–H and O–H groups in total. The van der Waals surface area contributed by atoms with Crippen molar-refractivity contribution in [1.29, 1.82) is 0 Å². The third-order valence-electron chi connectivity index (χ3n) is 3.74. The van der Waals surface area contributed by atoms with Gasteiger partial charge in [0.05, 0.1) is 12.0 Å². The second-order valence-electron chi connectivity index (χ2n) is 6.53. The summed E-state index contributed by atoms with van der Waals surface area (Å²) in [6.45, 7) is 8.68. The van der Waals surface area contributed by atoms with Crippen molar-refractivity contribution in [2.75, 3.05) is 6.61 Å². The van der Waals surface area contributed by atoms with Gasteiger partial charge in [0, 0.05) is 15.2 Å². The van der Waals surface area contributed by atoms with Crippen molar-refractivity contribution in [3.8, 4) is 0 Å². The van der Waals surface area contributed by atoms with Gasteiger partial charge in [0.2, 0.25) is 0 Å². The molecule has 0 atom stereocenters. The van der Waals surface area contributed by atoms with Crippen LogP contribution in [0.1, 0.15) is 31.4 Å². The smallest absolute Gasteiger partial charge is 0.315 e. The molecule has 0 bridgehead atoms. The van der Waals surface area contributed by atoms with Gasteiger partial charge in [-0.15, -0.1) is 0 Å². The first-order valence-corrected chi connectivity index (χ1v) is 10.8. The summed E-state index contributed by atoms with van der Waals surface area (Å²) in [5.74, 6) is -1.01. The van der Waals surface area contributed by atoms with E-state index in [0.717, 1.165) is 17.2 Å². The van der Waals surface area contributed by atoms with Gasteiger partial charge in [-0.05, 0) is 37.4 Å². The summed E-state index contributed by atoms with van der Waals surface area (Å²) in [5, 5.41) is 8.69. The number of ether oxygens (including phenoxy) is 1. The molecule has 4 nitrogen and oxygen atoms in total. The van der Waals surface area contributed by atoms with Crippen LogP contribution >= 0.6 is 0 Å². The summed E-state index contributed by atoms with van der Waals surface area (Å²) in [4.78, 5) is 22.8. The number of carboxylic acids is 1. The van der Waals surface area contributed by atoms with E-state index in [9.17, 15) is 9.59 Å². The highest BCUT2D eigenvalue weighted by molar-refractivity contribution is 6.55. The number of esters is 1. The van der Waals surface area contributed by atoms with Gasteiger partial charge >= 0.3 is 11.9 Å². The topological polar surface area (TPSA) is 63.6 Å². The first-order valence-electron chi connectivity index (χ1n) is 7.72. The van der Waals surface area contributed by atoms with E-state index in [1.54, 1.807) is 0 Å². The monoisotopic (exact) mass is 322 g/mol. The summed E-state index contributed by atoms with van der Waals surface area (Å²) in [5.41, 5.74) is 1.16. The summed E-state index contributed by atoms with van der Waals surface area (Å²) < 4.78 is 5.40. The summed E-state index contributed by atoms with van der Waals surface area (Å²) in [7, 11) is -0.706. The molecular weight excluding hydrogens is 296 g/mol. The van der Waals surface area contributed by atoms with Crippen LogP contribution in [-0.2, 0) is 26.2 Å². The van der Waals surface area contributed by atoms with Crippen LogP contribution < -0.4 is 0 Å². The van der Waals surface area contributed by atoms with Gasteiger partial charge < -0.3 is 9.84 Å². The fourth-order valence-corrected chi connectivity index (χ4v) is 2.61. The molecule has 0 aliphatic carbocycles. The van der Waals surface area contributed by atoms with Gasteiger partial charge in [-0.2, -0.15) is 0 Å². The number of hydrogen-bond donors (Lipinski definition) is 1. The molecule has 0 aromatic heterocycles. The van der Waals surface area contributed by atoms with E-state index in [1.165, 1.54) is 0 Å². The second kappa shape index (κ2) is 8.13. The summed E-state index contributed by atoms with van der Waals surface area (Å²) in [6.07, 6.45) is 0.614. The Morgan fingerprint density at radius 1 is 1.18 bits per heavy atom. The molecule has 0 saturated carbocycles. The minimum atomic E-state index is -0.804. The molecule has 1 rings (SSSR count). The van der Waals surface area contributed by atoms with Crippen LogP contribution in [0.3, 0.4) is 0 Å². The van der Waals surface area contributed by atoms with Crippen LogP contribution in [0.2, 0.25) is 19.1 Å². The Morgan fingerprint density at radius 2 is 1.77 bits per heavy atom. The summed E-state index contributed by atoms with van der Waals surface area (Å²) in [6, 6.07) is 8.53. The lowest BCUT2D eigenvalue weighted by Crippen LogP contribution is -2.31. The number of aryl methyl sites for hydroxylation is 1. The van der Waals surface area contributed by atoms with E-state index >= 15 is 0 Å². The largest absolute Gasteiger partial charge is 0.481 e. The number of carbonyl (C=O) groups is 2. The first kappa shape index (κ1) is 18.4. The number of aliphatic carboxylic acids is 1. The van der Waals surface area contributed by atoms with Crippen LogP contribution in [0.15, 0.2) is 24.3 Å². The molecule has 0 aliphatic heterocycles. The Bertz CT molecular complexity index is 506. The SMILES string of the molecule is C[SiH](C)CCOC(=O)C(C)(C)c1ccc(CCC(=O)O)cc1. The maximum absolute atomic E-state index is 12.3. The number of carboxylic acid groups (broad SMARTS) is 1. The van der Waals surface area contributed by atoms with E-state index in [0.29, 0.717) is 13.0 Å². The van der Waals surface area contributed by atoms with Crippen molar-refractivity contribution in [2.24, 2.45) is 0 Å². The minimum Gasteiger partial charge on any atom is -0.481 e. The standard InChI is InChI=1S/C17H26O4Si/c1-17(2,16(20)21-11-12-22(3)4)14-8-5-13(6-9-14)7-10-15(18)19/h5-6,8-9,22H,7,10-12H2,1-4H3,(H,18,19). The van der Waals surface area contributed by atoms with E-state index in [1.807, 2.05) is 38.1 Å². The molecule has 0 fully saturated rings. The highest BCUT2D eigenvalue weighted by Crippen LogP contribution is 2.25. The molecule has 0 unspecified atom stereocenters. The molecule has 0 aliphatic rings. The molecule has 1 aromatic rings. The Hall–Kier alpha value is -1.62. The van der Waals surface area contributed by atoms with Gasteiger partial charge in [-0.3, -0.25) is 9.59 Å². The molecule has 0 amide bonds. The predicted molar refractivity (Wildman–Crippen MR) is 90.1 cm³/mol. The third kappa shape index (κ3) is 5.64. The highest BCUT2D eigenvalue weighted by Gasteiger charge is 2.31. The van der Waals surface area contributed by atoms with E-state index in [4.69, 9.17) is 9.84 Å². The molecule has 122 valence electrons. The molecule has 1 aromatic carbocycles. The minimum absolute atomic E-state index is 0.115. The second-order valence-corrected chi connectivity index (χ2v) is 9.90. The zero-order valence-electron chi connectivity index (χ0n) is 13.9. The van der Waals surface area contributed by atoms with Crippen molar-refractivity contribution in [3.63, 3.8) is 0 Å². The van der Waals surface area contributed by atoms with Crippen molar-refractivity contribution in [1.82, 2.24) is 0 Å². The van der Waals surface area contributed by atoms with Gasteiger partial charge in [0.15, 0.2) is 0 Å². The van der Waals surface area contributed by atoms with E-state index < -0.39 is 20.2 Å². The van der Waals surface area contributed by atoms with Crippen molar-refractivity contribution in [3.05, 3.63) is 35.4 Å². The Balaban J connectivity index is 2.67. The lowest BCUT2D eigenvalue weighted by atomic mass is 9.84. The van der Waals surface area contributed by atoms with Gasteiger partial charge in [0.1, 0.15) is 0 Å². The molecule has 0 saturated heterocycles. The fourth-order valence-electron chi connectivity index (χ4n) is 2.02. The fraction of sp³-hybridized carbons (Fsp3) is 0.529. The van der Waals surface area contributed by atoms with Crippen molar-refractivity contribution >= 4 is 20.7 Å². The maximum atomic E-state index is 12.3.